The van der Waals surface area contributed by atoms with Gasteiger partial charge in [-0.05, 0) is 24.6 Å². The average Bonchev–Trinajstić information content (AvgIpc) is 2.55. The summed E-state index contributed by atoms with van der Waals surface area (Å²) >= 11 is 5.95. The fraction of sp³-hybridized carbons (Fsp3) is 0.0667. The number of carbonyl (C=O) groups is 1. The Bertz CT molecular complexity index is 944. The van der Waals surface area contributed by atoms with E-state index in [2.05, 4.69) is 10.5 Å². The number of aryl methyl sites for hydroxylation is 1. The van der Waals surface area contributed by atoms with E-state index in [0.29, 0.717) is 6.07 Å². The number of nitro benzene ring substituents is 2. The number of halogens is 1. The van der Waals surface area contributed by atoms with Crippen LogP contribution in [0.1, 0.15) is 21.5 Å². The van der Waals surface area contributed by atoms with Crippen LogP contribution in [0.15, 0.2) is 35.4 Å². The smallest absolute Gasteiger partial charge is 0.318 e. The molecule has 0 aromatic heterocycles. The van der Waals surface area contributed by atoms with E-state index < -0.39 is 32.9 Å². The maximum absolute atomic E-state index is 12.0. The molecule has 0 saturated carbocycles. The molecule has 0 heterocycles. The number of rotatable bonds is 5. The van der Waals surface area contributed by atoms with Crippen molar-refractivity contribution in [2.45, 2.75) is 6.92 Å². The number of nitro groups is 2. The molecule has 0 aliphatic heterocycles. The molecule has 2 rings (SSSR count). The molecule has 0 atom stereocenters. The van der Waals surface area contributed by atoms with Crippen LogP contribution in [0.25, 0.3) is 0 Å². The SMILES string of the molecule is Cc1ccc(C(=O)N/N=C/c2cc([N+](=O)[O-])cc([N+](=O)[O-])c2O)c(Cl)c1. The number of phenolic OH excluding ortho intramolecular Hbond substituents is 1. The number of aromatic hydroxyl groups is 1. The summed E-state index contributed by atoms with van der Waals surface area (Å²) in [6.07, 6.45) is 0.856. The highest BCUT2D eigenvalue weighted by Gasteiger charge is 2.23. The lowest BCUT2D eigenvalue weighted by atomic mass is 10.1. The summed E-state index contributed by atoms with van der Waals surface area (Å²) < 4.78 is 0. The van der Waals surface area contributed by atoms with E-state index in [1.165, 1.54) is 6.07 Å². The van der Waals surface area contributed by atoms with Crippen LogP contribution in [0.5, 0.6) is 5.75 Å². The van der Waals surface area contributed by atoms with Crippen molar-refractivity contribution >= 4 is 35.1 Å². The van der Waals surface area contributed by atoms with Crippen LogP contribution in [0.2, 0.25) is 5.02 Å². The second-order valence-corrected chi connectivity index (χ2v) is 5.51. The third kappa shape index (κ3) is 4.11. The minimum Gasteiger partial charge on any atom is -0.502 e. The summed E-state index contributed by atoms with van der Waals surface area (Å²) in [6, 6.07) is 6.24. The van der Waals surface area contributed by atoms with Gasteiger partial charge in [-0.2, -0.15) is 5.10 Å². The molecule has 2 aromatic rings. The maximum atomic E-state index is 12.0. The Morgan fingerprint density at radius 2 is 1.92 bits per heavy atom. The molecule has 0 radical (unpaired) electrons. The monoisotopic (exact) mass is 378 g/mol. The molecule has 0 unspecified atom stereocenters. The first-order chi connectivity index (χ1) is 12.2. The van der Waals surface area contributed by atoms with Crippen LogP contribution < -0.4 is 5.43 Å². The van der Waals surface area contributed by atoms with Crippen molar-refractivity contribution in [1.29, 1.82) is 0 Å². The van der Waals surface area contributed by atoms with Crippen molar-refractivity contribution in [1.82, 2.24) is 5.43 Å². The molecule has 10 nitrogen and oxygen atoms in total. The molecule has 0 fully saturated rings. The van der Waals surface area contributed by atoms with Crippen molar-refractivity contribution in [3.63, 3.8) is 0 Å². The molecular formula is C15H11ClN4O6. The Morgan fingerprint density at radius 1 is 1.23 bits per heavy atom. The van der Waals surface area contributed by atoms with Crippen molar-refractivity contribution in [3.05, 3.63) is 72.3 Å². The second-order valence-electron chi connectivity index (χ2n) is 5.10. The first kappa shape index (κ1) is 18.8. The van der Waals surface area contributed by atoms with Gasteiger partial charge in [-0.1, -0.05) is 17.7 Å². The van der Waals surface area contributed by atoms with E-state index >= 15 is 0 Å². The zero-order chi connectivity index (χ0) is 19.4. The third-order valence-electron chi connectivity index (χ3n) is 3.25. The lowest BCUT2D eigenvalue weighted by Crippen LogP contribution is -2.18. The Morgan fingerprint density at radius 3 is 2.50 bits per heavy atom. The summed E-state index contributed by atoms with van der Waals surface area (Å²) in [5, 5.41) is 35.3. The molecule has 2 aromatic carbocycles. The van der Waals surface area contributed by atoms with Gasteiger partial charge in [0, 0.05) is 6.07 Å². The molecule has 26 heavy (non-hydrogen) atoms. The van der Waals surface area contributed by atoms with E-state index in [1.54, 1.807) is 19.1 Å². The number of nitrogens with zero attached hydrogens (tertiary/aromatic N) is 3. The third-order valence-corrected chi connectivity index (χ3v) is 3.56. The number of benzene rings is 2. The fourth-order valence-electron chi connectivity index (χ4n) is 1.99. The van der Waals surface area contributed by atoms with Crippen molar-refractivity contribution < 1.29 is 19.7 Å². The number of nitrogens with one attached hydrogen (secondary N) is 1. The summed E-state index contributed by atoms with van der Waals surface area (Å²) in [6.45, 7) is 1.80. The summed E-state index contributed by atoms with van der Waals surface area (Å²) in [4.78, 5) is 31.9. The van der Waals surface area contributed by atoms with E-state index in [0.717, 1.165) is 17.8 Å². The van der Waals surface area contributed by atoms with Gasteiger partial charge in [-0.3, -0.25) is 25.0 Å². The van der Waals surface area contributed by atoms with Gasteiger partial charge in [0.05, 0.1) is 38.3 Å². The molecule has 2 N–H and O–H groups in total. The second kappa shape index (κ2) is 7.57. The summed E-state index contributed by atoms with van der Waals surface area (Å²) in [5.41, 5.74) is 1.36. The van der Waals surface area contributed by atoms with Crippen LogP contribution >= 0.6 is 11.6 Å². The van der Waals surface area contributed by atoms with Crippen molar-refractivity contribution in [2.75, 3.05) is 0 Å². The minimum atomic E-state index is -0.968. The van der Waals surface area contributed by atoms with Crippen LogP contribution in [0.3, 0.4) is 0 Å². The lowest BCUT2D eigenvalue weighted by molar-refractivity contribution is -0.394. The Hall–Kier alpha value is -3.53. The van der Waals surface area contributed by atoms with Gasteiger partial charge in [0.15, 0.2) is 0 Å². The number of hydrogen-bond acceptors (Lipinski definition) is 7. The Labute approximate surface area is 151 Å². The maximum Gasteiger partial charge on any atom is 0.318 e. The van der Waals surface area contributed by atoms with E-state index in [9.17, 15) is 30.1 Å². The molecule has 1 amide bonds. The van der Waals surface area contributed by atoms with Crippen LogP contribution in [-0.2, 0) is 0 Å². The van der Waals surface area contributed by atoms with Gasteiger partial charge >= 0.3 is 5.69 Å². The number of phenols is 1. The van der Waals surface area contributed by atoms with E-state index in [1.807, 2.05) is 0 Å². The molecule has 0 saturated heterocycles. The highest BCUT2D eigenvalue weighted by molar-refractivity contribution is 6.33. The zero-order valence-electron chi connectivity index (χ0n) is 13.2. The molecular weight excluding hydrogens is 368 g/mol. The highest BCUT2D eigenvalue weighted by Crippen LogP contribution is 2.33. The lowest BCUT2D eigenvalue weighted by Gasteiger charge is -2.04. The van der Waals surface area contributed by atoms with Gasteiger partial charge in [0.2, 0.25) is 5.75 Å². The van der Waals surface area contributed by atoms with Crippen LogP contribution in [-0.4, -0.2) is 27.1 Å². The van der Waals surface area contributed by atoms with E-state index in [4.69, 9.17) is 11.6 Å². The number of hydrogen-bond donors (Lipinski definition) is 2. The first-order valence-corrected chi connectivity index (χ1v) is 7.34. The largest absolute Gasteiger partial charge is 0.502 e. The van der Waals surface area contributed by atoms with Gasteiger partial charge in [-0.25, -0.2) is 5.43 Å². The van der Waals surface area contributed by atoms with Gasteiger partial charge in [0.25, 0.3) is 11.6 Å². The molecule has 11 heteroatoms. The predicted molar refractivity (Wildman–Crippen MR) is 92.7 cm³/mol. The molecule has 134 valence electrons. The summed E-state index contributed by atoms with van der Waals surface area (Å²) in [7, 11) is 0. The molecule has 0 aliphatic carbocycles. The standard InChI is InChI=1S/C15H11ClN4O6/c1-8-2-3-11(12(16)4-8)15(22)18-17-7-9-5-10(19(23)24)6-13(14(9)21)20(25)26/h2-7,21H,1H3,(H,18,22)/b17-7+. The number of non-ortho nitro benzene ring substituents is 1. The number of amides is 1. The fourth-order valence-corrected chi connectivity index (χ4v) is 2.31. The highest BCUT2D eigenvalue weighted by atomic mass is 35.5. The summed E-state index contributed by atoms with van der Waals surface area (Å²) in [5.74, 6) is -1.47. The predicted octanol–water partition coefficient (Wildman–Crippen LogP) is 2.93. The molecule has 0 spiro atoms. The molecule has 0 aliphatic rings. The van der Waals surface area contributed by atoms with Crippen molar-refractivity contribution in [3.8, 4) is 5.75 Å². The molecule has 0 bridgehead atoms. The number of hydrazone groups is 1. The average molecular weight is 379 g/mol. The van der Waals surface area contributed by atoms with Crippen molar-refractivity contribution in [2.24, 2.45) is 5.10 Å². The topological polar surface area (TPSA) is 148 Å². The van der Waals surface area contributed by atoms with Gasteiger partial charge in [-0.15, -0.1) is 0 Å². The van der Waals surface area contributed by atoms with Gasteiger partial charge < -0.3 is 5.11 Å². The zero-order valence-corrected chi connectivity index (χ0v) is 13.9. The minimum absolute atomic E-state index is 0.142. The first-order valence-electron chi connectivity index (χ1n) is 6.96. The normalized spacial score (nSPS) is 10.7. The van der Waals surface area contributed by atoms with Gasteiger partial charge in [0.1, 0.15) is 0 Å². The Kier molecular flexibility index (Phi) is 5.48. The van der Waals surface area contributed by atoms with Crippen LogP contribution in [0.4, 0.5) is 11.4 Å². The van der Waals surface area contributed by atoms with E-state index in [-0.39, 0.29) is 16.1 Å². The quantitative estimate of drug-likeness (QED) is 0.464. The Balaban J connectivity index is 2.28. The van der Waals surface area contributed by atoms with Crippen LogP contribution in [0, 0.1) is 27.2 Å². The number of carbonyl (C=O) groups excluding carboxylic acids is 1.